The average Bonchev–Trinajstić information content (AvgIpc) is 3.24. The summed E-state index contributed by atoms with van der Waals surface area (Å²) >= 11 is 5.20. The van der Waals surface area contributed by atoms with Gasteiger partial charge in [0.25, 0.3) is 0 Å². The topological polar surface area (TPSA) is 68.3 Å². The summed E-state index contributed by atoms with van der Waals surface area (Å²) in [6, 6.07) is 16.1. The summed E-state index contributed by atoms with van der Waals surface area (Å²) in [6.07, 6.45) is 7.28. The SMILES string of the molecule is S=C(N=Cc1c[nH]c2ccccc12)NN=Cc1c[nH]c2ccccc12. The fourth-order valence-electron chi connectivity index (χ4n) is 2.72. The molecule has 4 rings (SSSR count). The molecule has 2 aromatic carbocycles. The molecular weight excluding hydrogens is 330 g/mol. The number of benzene rings is 2. The Bertz CT molecular complexity index is 1100. The highest BCUT2D eigenvalue weighted by Crippen LogP contribution is 2.16. The lowest BCUT2D eigenvalue weighted by atomic mass is 10.2. The van der Waals surface area contributed by atoms with E-state index >= 15 is 0 Å². The van der Waals surface area contributed by atoms with Crippen LogP contribution in [-0.4, -0.2) is 27.5 Å². The Kier molecular flexibility index (Phi) is 4.10. The van der Waals surface area contributed by atoms with Crippen LogP contribution >= 0.6 is 12.2 Å². The van der Waals surface area contributed by atoms with Gasteiger partial charge < -0.3 is 9.97 Å². The van der Waals surface area contributed by atoms with E-state index in [-0.39, 0.29) is 0 Å². The first kappa shape index (κ1) is 15.3. The third kappa shape index (κ3) is 3.20. The third-order valence-electron chi connectivity index (χ3n) is 3.93. The summed E-state index contributed by atoms with van der Waals surface area (Å²) < 4.78 is 0. The molecule has 0 amide bonds. The lowest BCUT2D eigenvalue weighted by Crippen LogP contribution is -2.12. The Morgan fingerprint density at radius 1 is 0.840 bits per heavy atom. The zero-order valence-corrected chi connectivity index (χ0v) is 14.0. The van der Waals surface area contributed by atoms with Crippen LogP contribution < -0.4 is 5.43 Å². The first-order valence-electron chi connectivity index (χ1n) is 7.80. The molecule has 0 saturated carbocycles. The molecule has 0 unspecified atom stereocenters. The van der Waals surface area contributed by atoms with E-state index in [1.165, 1.54) is 0 Å². The molecule has 0 aliphatic rings. The Labute approximate surface area is 149 Å². The van der Waals surface area contributed by atoms with Crippen LogP contribution in [-0.2, 0) is 0 Å². The number of H-pyrrole nitrogens is 2. The maximum atomic E-state index is 5.20. The van der Waals surface area contributed by atoms with Gasteiger partial charge in [0.1, 0.15) is 0 Å². The minimum Gasteiger partial charge on any atom is -0.361 e. The van der Waals surface area contributed by atoms with Crippen molar-refractivity contribution in [3.8, 4) is 0 Å². The summed E-state index contributed by atoms with van der Waals surface area (Å²) in [5.41, 5.74) is 6.90. The van der Waals surface area contributed by atoms with E-state index in [1.807, 2.05) is 60.9 Å². The van der Waals surface area contributed by atoms with Crippen molar-refractivity contribution in [2.75, 3.05) is 0 Å². The maximum absolute atomic E-state index is 5.20. The van der Waals surface area contributed by atoms with Crippen molar-refractivity contribution in [3.63, 3.8) is 0 Å². The highest BCUT2D eigenvalue weighted by Gasteiger charge is 2.01. The number of hydrogen-bond donors (Lipinski definition) is 3. The molecule has 3 N–H and O–H groups in total. The van der Waals surface area contributed by atoms with Crippen LogP contribution in [0.3, 0.4) is 0 Å². The largest absolute Gasteiger partial charge is 0.361 e. The van der Waals surface area contributed by atoms with Gasteiger partial charge in [-0.3, -0.25) is 5.43 Å². The van der Waals surface area contributed by atoms with Crippen LogP contribution in [0.1, 0.15) is 11.1 Å². The fourth-order valence-corrected chi connectivity index (χ4v) is 2.82. The highest BCUT2D eigenvalue weighted by atomic mass is 32.1. The molecule has 0 aliphatic heterocycles. The van der Waals surface area contributed by atoms with Crippen molar-refractivity contribution in [2.45, 2.75) is 0 Å². The quantitative estimate of drug-likeness (QED) is 0.299. The number of para-hydroxylation sites is 2. The van der Waals surface area contributed by atoms with Gasteiger partial charge in [-0.05, 0) is 24.4 Å². The molecule has 0 bridgehead atoms. The summed E-state index contributed by atoms with van der Waals surface area (Å²) in [7, 11) is 0. The number of fused-ring (bicyclic) bond motifs is 2. The van der Waals surface area contributed by atoms with Gasteiger partial charge in [0.2, 0.25) is 5.11 Å². The molecule has 5 nitrogen and oxygen atoms in total. The minimum absolute atomic E-state index is 0.307. The zero-order valence-electron chi connectivity index (χ0n) is 13.2. The van der Waals surface area contributed by atoms with Crippen LogP contribution in [0.5, 0.6) is 0 Å². The van der Waals surface area contributed by atoms with Crippen molar-refractivity contribution in [1.29, 1.82) is 0 Å². The Morgan fingerprint density at radius 2 is 1.40 bits per heavy atom. The van der Waals surface area contributed by atoms with Crippen molar-refractivity contribution in [2.24, 2.45) is 10.1 Å². The molecule has 2 heterocycles. The predicted octanol–water partition coefficient (Wildman–Crippen LogP) is 3.98. The van der Waals surface area contributed by atoms with E-state index in [0.717, 1.165) is 32.9 Å². The number of aromatic nitrogens is 2. The van der Waals surface area contributed by atoms with Crippen LogP contribution in [0, 0.1) is 0 Å². The molecule has 0 aliphatic carbocycles. The van der Waals surface area contributed by atoms with E-state index in [9.17, 15) is 0 Å². The van der Waals surface area contributed by atoms with Crippen molar-refractivity contribution in [3.05, 3.63) is 72.1 Å². The van der Waals surface area contributed by atoms with E-state index in [4.69, 9.17) is 12.2 Å². The van der Waals surface area contributed by atoms with Gasteiger partial charge in [-0.2, -0.15) is 5.10 Å². The number of hydrogen-bond acceptors (Lipinski definition) is 2. The molecule has 2 aromatic heterocycles. The van der Waals surface area contributed by atoms with Gasteiger partial charge in [-0.1, -0.05) is 36.4 Å². The van der Waals surface area contributed by atoms with Gasteiger partial charge >= 0.3 is 0 Å². The number of aromatic amines is 2. The molecular formula is C19H15N5S. The van der Waals surface area contributed by atoms with Gasteiger partial charge in [-0.25, -0.2) is 4.99 Å². The van der Waals surface area contributed by atoms with Gasteiger partial charge in [-0.15, -0.1) is 0 Å². The average molecular weight is 345 g/mol. The maximum Gasteiger partial charge on any atom is 0.213 e. The van der Waals surface area contributed by atoms with Crippen molar-refractivity contribution >= 4 is 51.6 Å². The summed E-state index contributed by atoms with van der Waals surface area (Å²) in [4.78, 5) is 10.7. The lowest BCUT2D eigenvalue weighted by Gasteiger charge is -1.96. The monoisotopic (exact) mass is 345 g/mol. The van der Waals surface area contributed by atoms with Gasteiger partial charge in [0.05, 0.1) is 6.21 Å². The number of thiocarbonyl (C=S) groups is 1. The highest BCUT2D eigenvalue weighted by molar-refractivity contribution is 7.80. The molecule has 0 fully saturated rings. The van der Waals surface area contributed by atoms with Gasteiger partial charge in [0.15, 0.2) is 0 Å². The van der Waals surface area contributed by atoms with E-state index in [0.29, 0.717) is 5.11 Å². The number of nitrogens with zero attached hydrogens (tertiary/aromatic N) is 2. The molecule has 0 radical (unpaired) electrons. The molecule has 25 heavy (non-hydrogen) atoms. The second-order valence-corrected chi connectivity index (χ2v) is 5.90. The van der Waals surface area contributed by atoms with E-state index in [1.54, 1.807) is 12.4 Å². The Balaban J connectivity index is 1.44. The van der Waals surface area contributed by atoms with E-state index < -0.39 is 0 Å². The van der Waals surface area contributed by atoms with Crippen LogP contribution in [0.2, 0.25) is 0 Å². The third-order valence-corrected chi connectivity index (χ3v) is 4.12. The first-order chi connectivity index (χ1) is 12.3. The van der Waals surface area contributed by atoms with Gasteiger partial charge in [0, 0.05) is 51.5 Å². The Morgan fingerprint density at radius 3 is 2.04 bits per heavy atom. The summed E-state index contributed by atoms with van der Waals surface area (Å²) in [5, 5.41) is 6.70. The van der Waals surface area contributed by atoms with Crippen molar-refractivity contribution < 1.29 is 0 Å². The molecule has 4 aromatic rings. The normalized spacial score (nSPS) is 11.8. The smallest absolute Gasteiger partial charge is 0.213 e. The molecule has 6 heteroatoms. The number of rotatable bonds is 3. The van der Waals surface area contributed by atoms with Crippen molar-refractivity contribution in [1.82, 2.24) is 15.4 Å². The van der Waals surface area contributed by atoms with E-state index in [2.05, 4.69) is 25.5 Å². The number of nitrogens with one attached hydrogen (secondary N) is 3. The number of hydrazone groups is 1. The number of aliphatic imine (C=N–C) groups is 1. The molecule has 0 atom stereocenters. The molecule has 122 valence electrons. The second-order valence-electron chi connectivity index (χ2n) is 5.51. The van der Waals surface area contributed by atoms with Crippen LogP contribution in [0.25, 0.3) is 21.8 Å². The predicted molar refractivity (Wildman–Crippen MR) is 108 cm³/mol. The lowest BCUT2D eigenvalue weighted by molar-refractivity contribution is 1.04. The fraction of sp³-hybridized carbons (Fsp3) is 0. The van der Waals surface area contributed by atoms with Crippen LogP contribution in [0.15, 0.2) is 71.0 Å². The Hall–Kier alpha value is -3.25. The van der Waals surface area contributed by atoms with Crippen LogP contribution in [0.4, 0.5) is 0 Å². The first-order valence-corrected chi connectivity index (χ1v) is 8.21. The standard InChI is InChI=1S/C19H15N5S/c25-19(22-11-13-9-20-17-7-3-1-5-15(13)17)24-23-12-14-10-21-18-8-4-2-6-16(14)18/h1-12,20-21H,(H,24,25). The zero-order chi connectivity index (χ0) is 17.1. The minimum atomic E-state index is 0.307. The summed E-state index contributed by atoms with van der Waals surface area (Å²) in [5.74, 6) is 0. The second kappa shape index (κ2) is 6.70. The summed E-state index contributed by atoms with van der Waals surface area (Å²) in [6.45, 7) is 0. The molecule has 0 saturated heterocycles. The molecule has 0 spiro atoms.